The highest BCUT2D eigenvalue weighted by molar-refractivity contribution is 7.99. The molecule has 5 aromatic carbocycles. The van der Waals surface area contributed by atoms with E-state index in [1.807, 2.05) is 72.8 Å². The maximum atomic E-state index is 6.83. The van der Waals surface area contributed by atoms with Crippen molar-refractivity contribution in [1.29, 1.82) is 0 Å². The smallest absolute Gasteiger partial charge is 0.163 e. The summed E-state index contributed by atoms with van der Waals surface area (Å²) in [5.74, 6) is 0.778. The zero-order valence-electron chi connectivity index (χ0n) is 23.0. The fourth-order valence-electron chi connectivity index (χ4n) is 5.18. The molecule has 0 saturated carbocycles. The van der Waals surface area contributed by atoms with E-state index in [4.69, 9.17) is 18.9 Å². The third-order valence-corrected chi connectivity index (χ3v) is 8.44. The van der Waals surface area contributed by atoms with Gasteiger partial charge in [0.2, 0.25) is 0 Å². The Morgan fingerprint density at radius 3 is 1.80 bits per heavy atom. The molecule has 0 aromatic heterocycles. The van der Waals surface area contributed by atoms with Crippen LogP contribution >= 0.6 is 11.8 Å². The molecular formula is C36H34O4S. The van der Waals surface area contributed by atoms with E-state index in [-0.39, 0.29) is 23.7 Å². The number of benzene rings is 5. The standard InChI is InChI=1S/C36H34O4S/c1-26-33(37-24-27-13-5-2-6-14-27)34(38-25-28-15-7-3-8-16-28)35(36(39-26)41-32-19-9-4-10-20-32)40-31-22-21-29-17-11-12-18-30(29)23-31/h2-23,26,33-36H,24-25H2,1H3/t26-,33+,34+,35-,36-/m0/s1. The highest BCUT2D eigenvalue weighted by atomic mass is 32.2. The molecule has 1 aliphatic heterocycles. The Balaban J connectivity index is 1.33. The third kappa shape index (κ3) is 7.00. The molecule has 0 radical (unpaired) electrons. The molecule has 0 bridgehead atoms. The molecule has 1 saturated heterocycles. The van der Waals surface area contributed by atoms with Crippen molar-refractivity contribution >= 4 is 22.5 Å². The third-order valence-electron chi connectivity index (χ3n) is 7.29. The van der Waals surface area contributed by atoms with E-state index in [0.29, 0.717) is 13.2 Å². The van der Waals surface area contributed by atoms with Crippen molar-refractivity contribution in [3.63, 3.8) is 0 Å². The summed E-state index contributed by atoms with van der Waals surface area (Å²) in [6.07, 6.45) is -1.36. The van der Waals surface area contributed by atoms with Crippen LogP contribution in [0, 0.1) is 0 Å². The molecule has 6 rings (SSSR count). The topological polar surface area (TPSA) is 36.9 Å². The molecule has 1 fully saturated rings. The molecule has 0 amide bonds. The molecule has 1 aliphatic rings. The number of fused-ring (bicyclic) bond motifs is 1. The Hall–Kier alpha value is -3.61. The Labute approximate surface area is 246 Å². The molecule has 5 atom stereocenters. The molecule has 5 aromatic rings. The first-order valence-corrected chi connectivity index (χ1v) is 14.9. The van der Waals surface area contributed by atoms with Gasteiger partial charge >= 0.3 is 0 Å². The summed E-state index contributed by atoms with van der Waals surface area (Å²) in [4.78, 5) is 1.11. The predicted molar refractivity (Wildman–Crippen MR) is 165 cm³/mol. The number of hydrogen-bond donors (Lipinski definition) is 0. The maximum Gasteiger partial charge on any atom is 0.163 e. The van der Waals surface area contributed by atoms with Gasteiger partial charge in [0.25, 0.3) is 0 Å². The Morgan fingerprint density at radius 2 is 1.15 bits per heavy atom. The molecule has 208 valence electrons. The lowest BCUT2D eigenvalue weighted by molar-refractivity contribution is -0.223. The highest BCUT2D eigenvalue weighted by Crippen LogP contribution is 2.38. The van der Waals surface area contributed by atoms with Gasteiger partial charge in [0.15, 0.2) is 6.10 Å². The maximum absolute atomic E-state index is 6.83. The van der Waals surface area contributed by atoms with Crippen LogP contribution in [0.3, 0.4) is 0 Å². The number of thioether (sulfide) groups is 1. The van der Waals surface area contributed by atoms with E-state index < -0.39 is 6.10 Å². The van der Waals surface area contributed by atoms with Crippen LogP contribution in [0.1, 0.15) is 18.1 Å². The van der Waals surface area contributed by atoms with E-state index >= 15 is 0 Å². The van der Waals surface area contributed by atoms with Crippen molar-refractivity contribution < 1.29 is 18.9 Å². The molecule has 41 heavy (non-hydrogen) atoms. The van der Waals surface area contributed by atoms with Gasteiger partial charge in [-0.15, -0.1) is 0 Å². The molecule has 5 heteroatoms. The summed E-state index contributed by atoms with van der Waals surface area (Å²) >= 11 is 1.66. The molecule has 0 aliphatic carbocycles. The highest BCUT2D eigenvalue weighted by Gasteiger charge is 2.48. The second-order valence-electron chi connectivity index (χ2n) is 10.3. The van der Waals surface area contributed by atoms with Gasteiger partial charge < -0.3 is 18.9 Å². The second kappa shape index (κ2) is 13.4. The van der Waals surface area contributed by atoms with Crippen molar-refractivity contribution in [3.05, 3.63) is 145 Å². The lowest BCUT2D eigenvalue weighted by Gasteiger charge is -2.45. The van der Waals surface area contributed by atoms with Gasteiger partial charge in [-0.1, -0.05) is 121 Å². The van der Waals surface area contributed by atoms with Crippen LogP contribution in [-0.2, 0) is 27.4 Å². The van der Waals surface area contributed by atoms with Gasteiger partial charge in [0.05, 0.1) is 19.3 Å². The number of hydrogen-bond acceptors (Lipinski definition) is 5. The van der Waals surface area contributed by atoms with Gasteiger partial charge in [-0.25, -0.2) is 0 Å². The van der Waals surface area contributed by atoms with Crippen molar-refractivity contribution in [2.24, 2.45) is 0 Å². The van der Waals surface area contributed by atoms with E-state index in [9.17, 15) is 0 Å². The molecule has 0 N–H and O–H groups in total. The second-order valence-corrected chi connectivity index (χ2v) is 11.4. The van der Waals surface area contributed by atoms with Crippen LogP contribution in [0.4, 0.5) is 0 Å². The zero-order chi connectivity index (χ0) is 27.9. The minimum Gasteiger partial charge on any atom is -0.484 e. The van der Waals surface area contributed by atoms with Crippen LogP contribution in [0.2, 0.25) is 0 Å². The van der Waals surface area contributed by atoms with Gasteiger partial charge in [-0.3, -0.25) is 0 Å². The van der Waals surface area contributed by atoms with E-state index in [1.54, 1.807) is 11.8 Å². The summed E-state index contributed by atoms with van der Waals surface area (Å²) in [6, 6.07) is 45.3. The van der Waals surface area contributed by atoms with Gasteiger partial charge in [-0.05, 0) is 53.1 Å². The number of ether oxygens (including phenoxy) is 4. The first-order valence-electron chi connectivity index (χ1n) is 14.1. The minimum atomic E-state index is -0.429. The first kappa shape index (κ1) is 27.6. The zero-order valence-corrected chi connectivity index (χ0v) is 23.9. The van der Waals surface area contributed by atoms with Gasteiger partial charge in [0, 0.05) is 4.90 Å². The predicted octanol–water partition coefficient (Wildman–Crippen LogP) is 8.30. The van der Waals surface area contributed by atoms with Crippen LogP contribution in [0.25, 0.3) is 10.8 Å². The van der Waals surface area contributed by atoms with Crippen LogP contribution in [-0.4, -0.2) is 29.9 Å². The van der Waals surface area contributed by atoms with E-state index in [0.717, 1.165) is 27.2 Å². The van der Waals surface area contributed by atoms with Gasteiger partial charge in [0.1, 0.15) is 23.4 Å². The SMILES string of the molecule is C[C@@H]1O[C@@H](Sc2ccccc2)[C@@H](Oc2ccc3ccccc3c2)[C@H](OCc2ccccc2)[C@@H]1OCc1ccccc1. The minimum absolute atomic E-state index is 0.211. The molecule has 4 nitrogen and oxygen atoms in total. The lowest BCUT2D eigenvalue weighted by atomic mass is 9.99. The lowest BCUT2D eigenvalue weighted by Crippen LogP contribution is -2.59. The van der Waals surface area contributed by atoms with Crippen molar-refractivity contribution in [1.82, 2.24) is 0 Å². The average Bonchev–Trinajstić information content (AvgIpc) is 3.02. The quantitative estimate of drug-likeness (QED) is 0.171. The van der Waals surface area contributed by atoms with Crippen molar-refractivity contribution in [2.75, 3.05) is 0 Å². The molecule has 0 unspecified atom stereocenters. The van der Waals surface area contributed by atoms with Crippen molar-refractivity contribution in [3.8, 4) is 5.75 Å². The summed E-state index contributed by atoms with van der Waals surface area (Å²) < 4.78 is 26.8. The summed E-state index contributed by atoms with van der Waals surface area (Å²) in [5.41, 5.74) is 1.90. The fourth-order valence-corrected chi connectivity index (χ4v) is 6.34. The summed E-state index contributed by atoms with van der Waals surface area (Å²) in [5, 5.41) is 2.30. The van der Waals surface area contributed by atoms with Crippen LogP contribution in [0.15, 0.2) is 138 Å². The Morgan fingerprint density at radius 1 is 0.585 bits per heavy atom. The number of rotatable bonds is 10. The van der Waals surface area contributed by atoms with Gasteiger partial charge in [-0.2, -0.15) is 0 Å². The molecular weight excluding hydrogens is 528 g/mol. The Kier molecular flexibility index (Phi) is 8.98. The normalized spacial score (nSPS) is 22.4. The summed E-state index contributed by atoms with van der Waals surface area (Å²) in [7, 11) is 0. The average molecular weight is 563 g/mol. The largest absolute Gasteiger partial charge is 0.484 e. The van der Waals surface area contributed by atoms with Crippen molar-refractivity contribution in [2.45, 2.75) is 54.9 Å². The molecule has 1 heterocycles. The van der Waals surface area contributed by atoms with Crippen LogP contribution in [0.5, 0.6) is 5.75 Å². The van der Waals surface area contributed by atoms with Crippen LogP contribution < -0.4 is 4.74 Å². The monoisotopic (exact) mass is 562 g/mol. The summed E-state index contributed by atoms with van der Waals surface area (Å²) in [6.45, 7) is 2.98. The fraction of sp³-hybridized carbons (Fsp3) is 0.222. The first-order chi connectivity index (χ1) is 20.2. The van der Waals surface area contributed by atoms with E-state index in [2.05, 4.69) is 67.6 Å². The molecule has 0 spiro atoms. The Bertz CT molecular complexity index is 1510. The van der Waals surface area contributed by atoms with E-state index in [1.165, 1.54) is 5.39 Å².